The van der Waals surface area contributed by atoms with Crippen molar-refractivity contribution in [1.29, 1.82) is 0 Å². The molecule has 0 amide bonds. The summed E-state index contributed by atoms with van der Waals surface area (Å²) in [7, 11) is 0. The summed E-state index contributed by atoms with van der Waals surface area (Å²) in [5, 5.41) is 0. The number of piperazine rings is 1. The summed E-state index contributed by atoms with van der Waals surface area (Å²) >= 11 is 0. The van der Waals surface area contributed by atoms with Gasteiger partial charge in [0.05, 0.1) is 43.1 Å². The number of nitrogens with one attached hydrogen (secondary N) is 1. The number of benzene rings is 1. The van der Waals surface area contributed by atoms with Crippen LogP contribution in [0.4, 0.5) is 5.95 Å². The van der Waals surface area contributed by atoms with Gasteiger partial charge in [0.25, 0.3) is 0 Å². The van der Waals surface area contributed by atoms with Crippen LogP contribution in [0.15, 0.2) is 18.2 Å². The smallest absolute Gasteiger partial charge is 0.231 e. The second-order valence-corrected chi connectivity index (χ2v) is 7.81. The first-order valence-corrected chi connectivity index (χ1v) is 10.0. The SMILES string of the molecule is Cc1nc(N2CC[NH+](Cc3ccc4c(c3)OCO4)CC2)nc2c1C(=O)CCC2. The molecule has 0 spiro atoms. The Labute approximate surface area is 164 Å². The lowest BCUT2D eigenvalue weighted by molar-refractivity contribution is -0.914. The van der Waals surface area contributed by atoms with Crippen LogP contribution in [0.5, 0.6) is 11.5 Å². The molecule has 0 bridgehead atoms. The van der Waals surface area contributed by atoms with Gasteiger partial charge in [0, 0.05) is 12.0 Å². The first kappa shape index (κ1) is 17.4. The number of rotatable bonds is 3. The predicted molar refractivity (Wildman–Crippen MR) is 103 cm³/mol. The van der Waals surface area contributed by atoms with Gasteiger partial charge in [0.2, 0.25) is 12.7 Å². The summed E-state index contributed by atoms with van der Waals surface area (Å²) < 4.78 is 10.9. The van der Waals surface area contributed by atoms with E-state index < -0.39 is 0 Å². The minimum Gasteiger partial charge on any atom is -0.454 e. The molecule has 1 aromatic carbocycles. The molecule has 1 fully saturated rings. The number of Topliss-reactive ketones (excluding diaryl/α,β-unsaturated/α-hetero) is 1. The Bertz CT molecular complexity index is 922. The summed E-state index contributed by atoms with van der Waals surface area (Å²) in [5.41, 5.74) is 3.81. The molecule has 28 heavy (non-hydrogen) atoms. The van der Waals surface area contributed by atoms with Crippen LogP contribution >= 0.6 is 0 Å². The minimum absolute atomic E-state index is 0.197. The summed E-state index contributed by atoms with van der Waals surface area (Å²) in [5.74, 6) is 2.67. The van der Waals surface area contributed by atoms with Gasteiger partial charge in [-0.15, -0.1) is 0 Å². The maximum absolute atomic E-state index is 12.2. The molecule has 0 unspecified atom stereocenters. The van der Waals surface area contributed by atoms with Gasteiger partial charge < -0.3 is 19.3 Å². The van der Waals surface area contributed by atoms with Gasteiger partial charge in [0.15, 0.2) is 17.3 Å². The van der Waals surface area contributed by atoms with E-state index >= 15 is 0 Å². The van der Waals surface area contributed by atoms with Crippen molar-refractivity contribution in [2.45, 2.75) is 32.7 Å². The third-order valence-electron chi connectivity index (χ3n) is 5.89. The normalized spacial score (nSPS) is 19.0. The van der Waals surface area contributed by atoms with Crippen LogP contribution in [0, 0.1) is 6.92 Å². The zero-order chi connectivity index (χ0) is 19.1. The van der Waals surface area contributed by atoms with Crippen LogP contribution in [0.3, 0.4) is 0 Å². The molecular formula is C21H25N4O3+. The number of ketones is 1. The first-order chi connectivity index (χ1) is 13.7. The number of carbonyl (C=O) groups is 1. The van der Waals surface area contributed by atoms with Gasteiger partial charge >= 0.3 is 0 Å². The van der Waals surface area contributed by atoms with E-state index in [4.69, 9.17) is 14.5 Å². The predicted octanol–water partition coefficient (Wildman–Crippen LogP) is 0.938. The largest absolute Gasteiger partial charge is 0.454 e. The summed E-state index contributed by atoms with van der Waals surface area (Å²) in [6.45, 7) is 7.14. The Morgan fingerprint density at radius 1 is 1.11 bits per heavy atom. The van der Waals surface area contributed by atoms with Crippen molar-refractivity contribution in [2.24, 2.45) is 0 Å². The van der Waals surface area contributed by atoms with Crippen molar-refractivity contribution in [3.8, 4) is 11.5 Å². The Hall–Kier alpha value is -2.67. The van der Waals surface area contributed by atoms with E-state index in [-0.39, 0.29) is 5.78 Å². The molecule has 3 aliphatic rings. The number of nitrogens with zero attached hydrogens (tertiary/aromatic N) is 3. The highest BCUT2D eigenvalue weighted by atomic mass is 16.7. The van der Waals surface area contributed by atoms with Crippen LogP contribution in [-0.2, 0) is 13.0 Å². The van der Waals surface area contributed by atoms with Crippen LogP contribution in [0.1, 0.15) is 40.2 Å². The maximum atomic E-state index is 12.2. The fraction of sp³-hybridized carbons (Fsp3) is 0.476. The lowest BCUT2D eigenvalue weighted by atomic mass is 9.94. The summed E-state index contributed by atoms with van der Waals surface area (Å²) in [6.07, 6.45) is 2.40. The lowest BCUT2D eigenvalue weighted by Crippen LogP contribution is -3.13. The first-order valence-electron chi connectivity index (χ1n) is 10.0. The molecule has 3 heterocycles. The maximum Gasteiger partial charge on any atom is 0.231 e. The molecule has 1 aliphatic carbocycles. The molecule has 2 aromatic rings. The van der Waals surface area contributed by atoms with Crippen molar-refractivity contribution < 1.29 is 19.2 Å². The number of aryl methyl sites for hydroxylation is 2. The second kappa shape index (κ2) is 7.05. The third-order valence-corrected chi connectivity index (χ3v) is 5.89. The molecule has 146 valence electrons. The van der Waals surface area contributed by atoms with Gasteiger partial charge in [-0.25, -0.2) is 9.97 Å². The molecule has 2 aliphatic heterocycles. The number of carbonyl (C=O) groups excluding carboxylic acids is 1. The molecule has 7 heteroatoms. The summed E-state index contributed by atoms with van der Waals surface area (Å²) in [6, 6.07) is 6.22. The van der Waals surface area contributed by atoms with Crippen LogP contribution in [-0.4, -0.2) is 48.7 Å². The van der Waals surface area contributed by atoms with E-state index in [0.29, 0.717) is 13.2 Å². The second-order valence-electron chi connectivity index (χ2n) is 7.81. The quantitative estimate of drug-likeness (QED) is 0.853. The van der Waals surface area contributed by atoms with Crippen LogP contribution in [0.2, 0.25) is 0 Å². The monoisotopic (exact) mass is 381 g/mol. The molecule has 1 aromatic heterocycles. The standard InChI is InChI=1S/C21H24N4O3/c1-14-20-16(3-2-4-17(20)26)23-21(22-14)25-9-7-24(8-10-25)12-15-5-6-18-19(11-15)28-13-27-18/h5-6,11H,2-4,7-10,12-13H2,1H3/p+1. The fourth-order valence-electron chi connectivity index (χ4n) is 4.38. The average molecular weight is 381 g/mol. The molecule has 7 nitrogen and oxygen atoms in total. The number of ether oxygens (including phenoxy) is 2. The molecule has 0 atom stereocenters. The van der Waals surface area contributed by atoms with Crippen molar-refractivity contribution in [3.05, 3.63) is 40.7 Å². The van der Waals surface area contributed by atoms with Crippen molar-refractivity contribution in [1.82, 2.24) is 9.97 Å². The average Bonchev–Trinajstić information content (AvgIpc) is 3.16. The topological polar surface area (TPSA) is 69.0 Å². The summed E-state index contributed by atoms with van der Waals surface area (Å²) in [4.78, 5) is 25.4. The molecular weight excluding hydrogens is 356 g/mol. The number of hydrogen-bond donors (Lipinski definition) is 1. The Morgan fingerprint density at radius 3 is 2.79 bits per heavy atom. The Kier molecular flexibility index (Phi) is 4.39. The van der Waals surface area contributed by atoms with Crippen LogP contribution in [0.25, 0.3) is 0 Å². The Balaban J connectivity index is 1.25. The van der Waals surface area contributed by atoms with Crippen molar-refractivity contribution in [2.75, 3.05) is 37.9 Å². The molecule has 1 N–H and O–H groups in total. The van der Waals surface area contributed by atoms with E-state index in [9.17, 15) is 4.79 Å². The van der Waals surface area contributed by atoms with Gasteiger partial charge in [-0.1, -0.05) is 0 Å². The van der Waals surface area contributed by atoms with E-state index in [0.717, 1.165) is 80.0 Å². The molecule has 1 saturated heterocycles. The molecule has 0 saturated carbocycles. The zero-order valence-electron chi connectivity index (χ0n) is 16.2. The number of anilines is 1. The van der Waals surface area contributed by atoms with Gasteiger partial charge in [0.1, 0.15) is 6.54 Å². The van der Waals surface area contributed by atoms with E-state index in [1.807, 2.05) is 13.0 Å². The van der Waals surface area contributed by atoms with E-state index in [1.54, 1.807) is 4.90 Å². The Morgan fingerprint density at radius 2 is 1.93 bits per heavy atom. The molecule has 5 rings (SSSR count). The van der Waals surface area contributed by atoms with E-state index in [1.165, 1.54) is 5.56 Å². The number of hydrogen-bond acceptors (Lipinski definition) is 6. The lowest BCUT2D eigenvalue weighted by Gasteiger charge is -2.33. The highest BCUT2D eigenvalue weighted by molar-refractivity contribution is 5.99. The number of aromatic nitrogens is 2. The number of quaternary nitrogens is 1. The third kappa shape index (κ3) is 3.20. The number of fused-ring (bicyclic) bond motifs is 2. The molecule has 0 radical (unpaired) electrons. The van der Waals surface area contributed by atoms with Gasteiger partial charge in [-0.05, 0) is 38.0 Å². The van der Waals surface area contributed by atoms with E-state index in [2.05, 4.69) is 22.0 Å². The zero-order valence-corrected chi connectivity index (χ0v) is 16.2. The van der Waals surface area contributed by atoms with Gasteiger partial charge in [-0.3, -0.25) is 4.79 Å². The van der Waals surface area contributed by atoms with Crippen LogP contribution < -0.4 is 19.3 Å². The van der Waals surface area contributed by atoms with Gasteiger partial charge in [-0.2, -0.15) is 0 Å². The van der Waals surface area contributed by atoms with Crippen molar-refractivity contribution >= 4 is 11.7 Å². The highest BCUT2D eigenvalue weighted by Crippen LogP contribution is 2.32. The minimum atomic E-state index is 0.197. The fourth-order valence-corrected chi connectivity index (χ4v) is 4.38. The highest BCUT2D eigenvalue weighted by Gasteiger charge is 2.27. The van der Waals surface area contributed by atoms with Crippen molar-refractivity contribution in [3.63, 3.8) is 0 Å².